The Labute approximate surface area is 246 Å². The van der Waals surface area contributed by atoms with Crippen LogP contribution in [0.3, 0.4) is 0 Å². The van der Waals surface area contributed by atoms with Crippen molar-refractivity contribution < 1.29 is 37.0 Å². The number of imide groups is 2. The second-order valence-corrected chi connectivity index (χ2v) is 10.4. The van der Waals surface area contributed by atoms with Crippen LogP contribution in [0.1, 0.15) is 27.8 Å². The number of alkyl halides is 3. The predicted molar refractivity (Wildman–Crippen MR) is 151 cm³/mol. The van der Waals surface area contributed by atoms with E-state index in [1.807, 2.05) is 60.0 Å². The number of anilines is 1. The third kappa shape index (κ3) is 6.09. The van der Waals surface area contributed by atoms with Crippen LogP contribution in [0.5, 0.6) is 11.5 Å². The fourth-order valence-corrected chi connectivity index (χ4v) is 4.90. The van der Waals surface area contributed by atoms with E-state index in [1.165, 1.54) is 19.3 Å². The van der Waals surface area contributed by atoms with Crippen LogP contribution < -0.4 is 19.7 Å². The number of carbonyl (C=O) groups excluding carboxylic acids is 3. The van der Waals surface area contributed by atoms with Gasteiger partial charge in [0.05, 0.1) is 27.0 Å². The second-order valence-electron chi connectivity index (χ2n) is 8.86. The van der Waals surface area contributed by atoms with Gasteiger partial charge >= 0.3 is 12.2 Å². The van der Waals surface area contributed by atoms with Crippen LogP contribution in [-0.2, 0) is 22.4 Å². The fraction of sp³-hybridized carbons (Fsp3) is 0.179. The van der Waals surface area contributed by atoms with Gasteiger partial charge in [-0.1, -0.05) is 29.8 Å². The molecule has 3 aromatic carbocycles. The fourth-order valence-electron chi connectivity index (χ4n) is 3.92. The van der Waals surface area contributed by atoms with E-state index in [0.29, 0.717) is 31.6 Å². The van der Waals surface area contributed by atoms with Crippen molar-refractivity contribution in [3.05, 3.63) is 90.5 Å². The van der Waals surface area contributed by atoms with Crippen molar-refractivity contribution in [3.63, 3.8) is 0 Å². The lowest BCUT2D eigenvalue weighted by Gasteiger charge is -2.27. The van der Waals surface area contributed by atoms with Crippen LogP contribution in [0.4, 0.5) is 23.7 Å². The first-order valence-corrected chi connectivity index (χ1v) is 13.1. The molecule has 0 aliphatic carbocycles. The molecule has 0 radical (unpaired) electrons. The van der Waals surface area contributed by atoms with Crippen LogP contribution in [0.25, 0.3) is 6.08 Å². The number of hydrogen-bond donors (Lipinski definition) is 1. The van der Waals surface area contributed by atoms with Gasteiger partial charge in [-0.2, -0.15) is 13.2 Å². The molecule has 0 saturated carbocycles. The van der Waals surface area contributed by atoms with Gasteiger partial charge in [0, 0.05) is 0 Å². The van der Waals surface area contributed by atoms with E-state index in [9.17, 15) is 27.6 Å². The number of aryl methyl sites for hydroxylation is 2. The molecule has 7 nitrogen and oxygen atoms in total. The van der Waals surface area contributed by atoms with Crippen LogP contribution in [0.15, 0.2) is 54.1 Å². The van der Waals surface area contributed by atoms with E-state index in [2.05, 4.69) is 0 Å². The third-order valence-corrected chi connectivity index (χ3v) is 7.25. The molecule has 40 heavy (non-hydrogen) atoms. The summed E-state index contributed by atoms with van der Waals surface area (Å²) >= 11 is 8.06. The maximum atomic E-state index is 13.3. The number of carbonyl (C=O) groups is 3. The van der Waals surface area contributed by atoms with Gasteiger partial charge in [-0.25, -0.2) is 9.69 Å². The Morgan fingerprint density at radius 1 is 1.02 bits per heavy atom. The lowest BCUT2D eigenvalue weighted by atomic mass is 10.1. The molecule has 4 amide bonds. The summed E-state index contributed by atoms with van der Waals surface area (Å²) in [5, 5.41) is 1.69. The summed E-state index contributed by atoms with van der Waals surface area (Å²) in [4.78, 5) is 38.8. The number of barbiturate groups is 1. The minimum atomic E-state index is -4.75. The largest absolute Gasteiger partial charge is 0.493 e. The smallest absolute Gasteiger partial charge is 0.416 e. The zero-order valence-corrected chi connectivity index (χ0v) is 24.2. The molecule has 12 heteroatoms. The highest BCUT2D eigenvalue weighted by molar-refractivity contribution is 14.1. The zero-order chi connectivity index (χ0) is 29.4. The molecule has 1 fully saturated rings. The maximum Gasteiger partial charge on any atom is 0.416 e. The van der Waals surface area contributed by atoms with Crippen LogP contribution in [-0.4, -0.2) is 25.0 Å². The molecule has 0 bridgehead atoms. The average Bonchev–Trinajstić information content (AvgIpc) is 2.87. The third-order valence-electron chi connectivity index (χ3n) is 6.13. The number of urea groups is 1. The van der Waals surface area contributed by atoms with E-state index >= 15 is 0 Å². The number of amides is 4. The monoisotopic (exact) mass is 684 g/mol. The number of methoxy groups -OCH3 is 1. The normalized spacial score (nSPS) is 14.9. The minimum absolute atomic E-state index is 0.267. The molecule has 0 spiro atoms. The number of benzene rings is 3. The van der Waals surface area contributed by atoms with Gasteiger partial charge in [-0.05, 0) is 95.1 Å². The molecule has 208 valence electrons. The number of nitrogens with one attached hydrogen (secondary N) is 1. The summed E-state index contributed by atoms with van der Waals surface area (Å²) in [6.45, 7) is 4.29. The quantitative estimate of drug-likeness (QED) is 0.175. The Hall–Kier alpha value is -3.58. The van der Waals surface area contributed by atoms with E-state index in [0.717, 1.165) is 28.8 Å². The van der Waals surface area contributed by atoms with Crippen molar-refractivity contribution in [2.75, 3.05) is 12.0 Å². The van der Waals surface area contributed by atoms with Crippen LogP contribution in [0, 0.1) is 17.4 Å². The Balaban J connectivity index is 1.67. The summed E-state index contributed by atoms with van der Waals surface area (Å²) < 4.78 is 51.9. The van der Waals surface area contributed by atoms with Gasteiger partial charge in [-0.3, -0.25) is 14.9 Å². The van der Waals surface area contributed by atoms with E-state index < -0.39 is 40.8 Å². The number of halogens is 5. The lowest BCUT2D eigenvalue weighted by Crippen LogP contribution is -2.54. The highest BCUT2D eigenvalue weighted by Crippen LogP contribution is 2.38. The molecule has 0 aromatic heterocycles. The topological polar surface area (TPSA) is 84.9 Å². The number of hydrogen-bond acceptors (Lipinski definition) is 5. The van der Waals surface area contributed by atoms with Crippen molar-refractivity contribution in [2.24, 2.45) is 0 Å². The first kappa shape index (κ1) is 29.4. The Bertz CT molecular complexity index is 1570. The molecule has 4 rings (SSSR count). The van der Waals surface area contributed by atoms with E-state index in [4.69, 9.17) is 21.1 Å². The van der Waals surface area contributed by atoms with Crippen LogP contribution >= 0.6 is 34.2 Å². The summed E-state index contributed by atoms with van der Waals surface area (Å²) in [6, 6.07) is 10.1. The minimum Gasteiger partial charge on any atom is -0.493 e. The highest BCUT2D eigenvalue weighted by Gasteiger charge is 2.39. The summed E-state index contributed by atoms with van der Waals surface area (Å²) in [5.41, 5.74) is 1.46. The summed E-state index contributed by atoms with van der Waals surface area (Å²) in [7, 11) is 1.43. The Kier molecular flexibility index (Phi) is 8.45. The predicted octanol–water partition coefficient (Wildman–Crippen LogP) is 6.83. The standard InChI is InChI=1S/C28H21ClF3IN2O5/c1-14-4-5-16(8-15(14)2)13-40-24-21(33)10-17(11-23(24)39-3)9-19-25(36)34-27(38)35(26(19)37)22-12-18(28(30,31)32)6-7-20(22)29/h4-12H,13H2,1-3H3,(H,34,36,38)/b19-9-. The molecule has 1 aliphatic heterocycles. The Morgan fingerprint density at radius 3 is 2.40 bits per heavy atom. The van der Waals surface area contributed by atoms with E-state index in [-0.39, 0.29) is 11.6 Å². The maximum absolute atomic E-state index is 13.3. The number of rotatable bonds is 6. The zero-order valence-electron chi connectivity index (χ0n) is 21.3. The molecule has 1 N–H and O–H groups in total. The molecular formula is C28H21ClF3IN2O5. The van der Waals surface area contributed by atoms with Crippen molar-refractivity contribution in [2.45, 2.75) is 26.6 Å². The lowest BCUT2D eigenvalue weighted by molar-refractivity contribution is -0.137. The molecular weight excluding hydrogens is 664 g/mol. The molecule has 0 atom stereocenters. The van der Waals surface area contributed by atoms with Gasteiger partial charge in [0.2, 0.25) is 0 Å². The SMILES string of the molecule is COc1cc(/C=C2/C(=O)NC(=O)N(c3cc(C(F)(F)F)ccc3Cl)C2=O)cc(I)c1OCc1ccc(C)c(C)c1. The van der Waals surface area contributed by atoms with Gasteiger partial charge in [-0.15, -0.1) is 0 Å². The Morgan fingerprint density at radius 2 is 1.75 bits per heavy atom. The van der Waals surface area contributed by atoms with Gasteiger partial charge < -0.3 is 9.47 Å². The first-order chi connectivity index (χ1) is 18.8. The number of nitrogens with zero attached hydrogens (tertiary/aromatic N) is 1. The van der Waals surface area contributed by atoms with Gasteiger partial charge in [0.1, 0.15) is 12.2 Å². The number of ether oxygens (including phenoxy) is 2. The van der Waals surface area contributed by atoms with E-state index in [1.54, 1.807) is 6.07 Å². The van der Waals surface area contributed by atoms with Gasteiger partial charge in [0.25, 0.3) is 11.8 Å². The second kappa shape index (κ2) is 11.5. The summed E-state index contributed by atoms with van der Waals surface area (Å²) in [6.07, 6.45) is -3.55. The van der Waals surface area contributed by atoms with Crippen molar-refractivity contribution in [1.82, 2.24) is 5.32 Å². The van der Waals surface area contributed by atoms with Crippen molar-refractivity contribution in [1.29, 1.82) is 0 Å². The molecule has 1 aliphatic rings. The average molecular weight is 685 g/mol. The molecule has 1 saturated heterocycles. The summed E-state index contributed by atoms with van der Waals surface area (Å²) in [5.74, 6) is -1.40. The first-order valence-electron chi connectivity index (χ1n) is 11.6. The highest BCUT2D eigenvalue weighted by atomic mass is 127. The van der Waals surface area contributed by atoms with Crippen molar-refractivity contribution >= 4 is 63.8 Å². The van der Waals surface area contributed by atoms with Crippen LogP contribution in [0.2, 0.25) is 5.02 Å². The molecule has 3 aromatic rings. The molecule has 1 heterocycles. The molecule has 0 unspecified atom stereocenters. The van der Waals surface area contributed by atoms with Crippen molar-refractivity contribution in [3.8, 4) is 11.5 Å². The van der Waals surface area contributed by atoms with Gasteiger partial charge in [0.15, 0.2) is 11.5 Å².